The number of aromatic nitrogens is 7. The van der Waals surface area contributed by atoms with Gasteiger partial charge in [0.2, 0.25) is 5.65 Å². The highest BCUT2D eigenvalue weighted by Crippen LogP contribution is 2.33. The maximum atomic E-state index is 13.6. The lowest BCUT2D eigenvalue weighted by Crippen LogP contribution is -2.28. The highest BCUT2D eigenvalue weighted by atomic mass is 19.1. The van der Waals surface area contributed by atoms with E-state index in [1.54, 1.807) is 35.2 Å². The Labute approximate surface area is 192 Å². The summed E-state index contributed by atoms with van der Waals surface area (Å²) in [6.45, 7) is 1.70. The Balaban J connectivity index is 1.84. The van der Waals surface area contributed by atoms with Gasteiger partial charge in [-0.1, -0.05) is 0 Å². The number of pyridine rings is 1. The van der Waals surface area contributed by atoms with Gasteiger partial charge >= 0.3 is 11.6 Å². The van der Waals surface area contributed by atoms with Gasteiger partial charge in [0.15, 0.2) is 0 Å². The predicted molar refractivity (Wildman–Crippen MR) is 122 cm³/mol. The van der Waals surface area contributed by atoms with Crippen LogP contribution in [0.15, 0.2) is 53.6 Å². The highest BCUT2D eigenvalue weighted by molar-refractivity contribution is 5.88. The Morgan fingerprint density at radius 1 is 1.18 bits per heavy atom. The normalized spacial score (nSPS) is 11.4. The van der Waals surface area contributed by atoms with Crippen molar-refractivity contribution in [1.29, 1.82) is 0 Å². The molecule has 0 saturated carbocycles. The van der Waals surface area contributed by atoms with Gasteiger partial charge in [-0.15, -0.1) is 9.50 Å². The maximum absolute atomic E-state index is 13.6. The van der Waals surface area contributed by atoms with Crippen LogP contribution in [0.1, 0.15) is 17.2 Å². The number of fused-ring (bicyclic) bond motifs is 1. The van der Waals surface area contributed by atoms with Gasteiger partial charge in [0.25, 0.3) is 0 Å². The highest BCUT2D eigenvalue weighted by Gasteiger charge is 2.26. The third kappa shape index (κ3) is 3.61. The number of halogens is 1. The third-order valence-corrected chi connectivity index (χ3v) is 5.61. The number of benzene rings is 1. The standard InChI is InChI=1S/C23H21FN8O2/c1-13-9-15(10-17(12-33)27-13)19-20(14-3-5-16(24)6-4-14)28-22(25)32-21(19)29-31(23(32)34)11-18-26-7-8-30(18)2/h3-10,33H,11-12H2,1-2H3,(H2,25,28)/p+1. The van der Waals surface area contributed by atoms with Crippen LogP contribution in [0.2, 0.25) is 0 Å². The molecule has 0 amide bonds. The molecule has 0 fully saturated rings. The van der Waals surface area contributed by atoms with Crippen LogP contribution < -0.4 is 16.4 Å². The molecule has 4 aromatic heterocycles. The van der Waals surface area contributed by atoms with Crippen LogP contribution in [0.3, 0.4) is 0 Å². The van der Waals surface area contributed by atoms with E-state index in [-0.39, 0.29) is 24.9 Å². The number of anilines is 1. The monoisotopic (exact) mass is 461 g/mol. The Bertz CT molecular complexity index is 1580. The number of rotatable bonds is 5. The fourth-order valence-corrected chi connectivity index (χ4v) is 4.00. The lowest BCUT2D eigenvalue weighted by molar-refractivity contribution is -0.351. The van der Waals surface area contributed by atoms with Gasteiger partial charge in [0.1, 0.15) is 23.9 Å². The SMILES string of the molecule is Cc1cc(-c2c(-c3ccc(F)cc3)[nH+]c(N)n3c(=O)n(Cc4nccn4C)nc23)cc(CO)n1. The molecule has 0 aliphatic heterocycles. The summed E-state index contributed by atoms with van der Waals surface area (Å²) >= 11 is 0. The summed E-state index contributed by atoms with van der Waals surface area (Å²) in [5, 5.41) is 14.3. The number of nitrogens with two attached hydrogens (primary N) is 1. The molecular formula is C23H22FN8O2+. The van der Waals surface area contributed by atoms with Crippen molar-refractivity contribution in [3.8, 4) is 22.4 Å². The first-order chi connectivity index (χ1) is 16.4. The Hall–Kier alpha value is -4.38. The molecule has 4 N–H and O–H groups in total. The molecule has 1 aromatic carbocycles. The smallest absolute Gasteiger partial charge is 0.390 e. The molecule has 11 heteroatoms. The van der Waals surface area contributed by atoms with Crippen molar-refractivity contribution in [2.24, 2.45) is 7.05 Å². The average Bonchev–Trinajstić information content (AvgIpc) is 3.36. The summed E-state index contributed by atoms with van der Waals surface area (Å²) in [5.41, 5.74) is 9.73. The van der Waals surface area contributed by atoms with Gasteiger partial charge in [-0.3, -0.25) is 10.7 Å². The lowest BCUT2D eigenvalue weighted by atomic mass is 9.99. The molecule has 0 radical (unpaired) electrons. The number of aromatic amines is 1. The maximum Gasteiger partial charge on any atom is 0.411 e. The molecule has 10 nitrogen and oxygen atoms in total. The van der Waals surface area contributed by atoms with Crippen molar-refractivity contribution >= 4 is 11.6 Å². The van der Waals surface area contributed by atoms with E-state index in [0.29, 0.717) is 45.2 Å². The van der Waals surface area contributed by atoms with Crippen molar-refractivity contribution in [2.45, 2.75) is 20.1 Å². The second kappa shape index (κ2) is 8.19. The van der Waals surface area contributed by atoms with Crippen LogP contribution in [0.4, 0.5) is 10.3 Å². The van der Waals surface area contributed by atoms with Crippen molar-refractivity contribution < 1.29 is 14.5 Å². The van der Waals surface area contributed by atoms with Crippen LogP contribution in [0, 0.1) is 12.7 Å². The van der Waals surface area contributed by atoms with Crippen LogP contribution in [-0.4, -0.2) is 33.8 Å². The Morgan fingerprint density at radius 2 is 1.94 bits per heavy atom. The molecule has 0 aliphatic carbocycles. The molecule has 5 rings (SSSR count). The van der Waals surface area contributed by atoms with Crippen molar-refractivity contribution in [3.05, 3.63) is 82.3 Å². The van der Waals surface area contributed by atoms with Crippen LogP contribution in [0.25, 0.3) is 28.0 Å². The van der Waals surface area contributed by atoms with Gasteiger partial charge in [0.05, 0.1) is 17.9 Å². The molecule has 172 valence electrons. The van der Waals surface area contributed by atoms with E-state index in [4.69, 9.17) is 5.73 Å². The van der Waals surface area contributed by atoms with E-state index in [1.165, 1.54) is 21.2 Å². The van der Waals surface area contributed by atoms with E-state index < -0.39 is 5.69 Å². The number of hydrogen-bond acceptors (Lipinski definition) is 6. The van der Waals surface area contributed by atoms with E-state index in [2.05, 4.69) is 20.1 Å². The van der Waals surface area contributed by atoms with Gasteiger partial charge in [-0.2, -0.15) is 4.68 Å². The van der Waals surface area contributed by atoms with Gasteiger partial charge in [0, 0.05) is 30.7 Å². The van der Waals surface area contributed by atoms with Gasteiger partial charge < -0.3 is 9.67 Å². The van der Waals surface area contributed by atoms with Gasteiger partial charge in [-0.25, -0.2) is 19.2 Å². The first kappa shape index (κ1) is 21.5. The molecule has 0 spiro atoms. The van der Waals surface area contributed by atoms with E-state index >= 15 is 0 Å². The Morgan fingerprint density at radius 3 is 2.62 bits per heavy atom. The summed E-state index contributed by atoms with van der Waals surface area (Å²) in [6.07, 6.45) is 3.43. The fraction of sp³-hybridized carbons (Fsp3) is 0.174. The van der Waals surface area contributed by atoms with Crippen molar-refractivity contribution in [1.82, 2.24) is 28.7 Å². The number of imidazole rings is 1. The molecule has 0 aliphatic rings. The molecule has 0 unspecified atom stereocenters. The minimum Gasteiger partial charge on any atom is -0.390 e. The Kier molecular flexibility index (Phi) is 5.17. The lowest BCUT2D eigenvalue weighted by Gasteiger charge is -2.11. The van der Waals surface area contributed by atoms with Crippen molar-refractivity contribution in [3.63, 3.8) is 0 Å². The zero-order valence-electron chi connectivity index (χ0n) is 18.5. The summed E-state index contributed by atoms with van der Waals surface area (Å²) in [5.74, 6) is 0.343. The first-order valence-electron chi connectivity index (χ1n) is 10.5. The number of aryl methyl sites for hydroxylation is 2. The second-order valence-corrected chi connectivity index (χ2v) is 7.97. The van der Waals surface area contributed by atoms with E-state index in [9.17, 15) is 14.3 Å². The van der Waals surface area contributed by atoms with Crippen LogP contribution >= 0.6 is 0 Å². The van der Waals surface area contributed by atoms with Gasteiger partial charge in [-0.05, 0) is 48.9 Å². The number of aliphatic hydroxyl groups excluding tert-OH is 1. The molecular weight excluding hydrogens is 439 g/mol. The third-order valence-electron chi connectivity index (χ3n) is 5.61. The van der Waals surface area contributed by atoms with Crippen LogP contribution in [0.5, 0.6) is 0 Å². The summed E-state index contributed by atoms with van der Waals surface area (Å²) in [4.78, 5) is 25.0. The molecule has 0 bridgehead atoms. The molecule has 34 heavy (non-hydrogen) atoms. The number of nitrogens with zero attached hydrogens (tertiary/aromatic N) is 6. The van der Waals surface area contributed by atoms with Crippen molar-refractivity contribution in [2.75, 3.05) is 5.73 Å². The molecule has 0 saturated heterocycles. The second-order valence-electron chi connectivity index (χ2n) is 7.97. The van der Waals surface area contributed by atoms with E-state index in [0.717, 1.165) is 0 Å². The number of nitrogen functional groups attached to an aromatic ring is 1. The summed E-state index contributed by atoms with van der Waals surface area (Å²) in [6, 6.07) is 9.47. The number of hydrogen-bond donors (Lipinski definition) is 2. The molecule has 4 heterocycles. The predicted octanol–water partition coefficient (Wildman–Crippen LogP) is 1.34. The fourth-order valence-electron chi connectivity index (χ4n) is 4.00. The summed E-state index contributed by atoms with van der Waals surface area (Å²) < 4.78 is 18.0. The molecule has 0 atom stereocenters. The summed E-state index contributed by atoms with van der Waals surface area (Å²) in [7, 11) is 1.83. The minimum absolute atomic E-state index is 0.0716. The minimum atomic E-state index is -0.438. The first-order valence-corrected chi connectivity index (χ1v) is 10.5. The number of H-pyrrole nitrogens is 1. The zero-order valence-corrected chi connectivity index (χ0v) is 18.5. The quantitative estimate of drug-likeness (QED) is 0.406. The zero-order chi connectivity index (χ0) is 24.0. The van der Waals surface area contributed by atoms with E-state index in [1.807, 2.05) is 20.0 Å². The average molecular weight is 461 g/mol. The van der Waals surface area contributed by atoms with Crippen LogP contribution in [-0.2, 0) is 20.2 Å². The number of nitrogens with one attached hydrogen (secondary N) is 1. The largest absolute Gasteiger partial charge is 0.411 e. The topological polar surface area (TPSA) is 130 Å². The number of aliphatic hydroxyl groups is 1. The molecule has 5 aromatic rings.